The summed E-state index contributed by atoms with van der Waals surface area (Å²) in [6.07, 6.45) is 4.54. The normalized spacial score (nSPS) is 15.0. The Morgan fingerprint density at radius 3 is 2.71 bits per heavy atom. The van der Waals surface area contributed by atoms with Crippen LogP contribution in [0.2, 0.25) is 0 Å². The molecule has 45 heavy (non-hydrogen) atoms. The van der Waals surface area contributed by atoms with Gasteiger partial charge in [0.2, 0.25) is 5.91 Å². The van der Waals surface area contributed by atoms with Crippen LogP contribution in [0.25, 0.3) is 33.8 Å². The van der Waals surface area contributed by atoms with E-state index < -0.39 is 17.7 Å². The van der Waals surface area contributed by atoms with E-state index in [0.717, 1.165) is 60.8 Å². The van der Waals surface area contributed by atoms with Gasteiger partial charge in [0.25, 0.3) is 0 Å². The molecule has 2 aromatic heterocycles. The molecule has 0 saturated carbocycles. The molecule has 0 spiro atoms. The van der Waals surface area contributed by atoms with Crippen LogP contribution in [-0.4, -0.2) is 59.9 Å². The number of ether oxygens (including phenoxy) is 2. The molecule has 0 radical (unpaired) electrons. The maximum Gasteiger partial charge on any atom is 0.243 e. The van der Waals surface area contributed by atoms with Gasteiger partial charge >= 0.3 is 0 Å². The molecule has 6 rings (SSSR count). The Morgan fingerprint density at radius 2 is 1.91 bits per heavy atom. The number of fused-ring (bicyclic) bond motifs is 2. The Bertz CT molecular complexity index is 1770. The van der Waals surface area contributed by atoms with Crippen molar-refractivity contribution in [2.75, 3.05) is 33.9 Å². The Balaban J connectivity index is 1.57. The van der Waals surface area contributed by atoms with E-state index in [1.54, 1.807) is 6.07 Å². The van der Waals surface area contributed by atoms with Gasteiger partial charge < -0.3 is 19.7 Å². The summed E-state index contributed by atoms with van der Waals surface area (Å²) in [7, 11) is 3.66. The van der Waals surface area contributed by atoms with Gasteiger partial charge in [-0.2, -0.15) is 5.10 Å². The van der Waals surface area contributed by atoms with Gasteiger partial charge in [0.15, 0.2) is 0 Å². The number of methoxy groups -OCH3 is 1. The maximum absolute atomic E-state index is 16.0. The third-order valence-electron chi connectivity index (χ3n) is 8.61. The van der Waals surface area contributed by atoms with Crippen LogP contribution >= 0.6 is 0 Å². The van der Waals surface area contributed by atoms with Crippen molar-refractivity contribution in [3.63, 3.8) is 0 Å². The molecule has 1 aliphatic carbocycles. The number of carbonyl (C=O) groups is 1. The first kappa shape index (κ1) is 30.6. The van der Waals surface area contributed by atoms with Crippen molar-refractivity contribution < 1.29 is 23.0 Å². The van der Waals surface area contributed by atoms with Crippen LogP contribution in [0.15, 0.2) is 49.1 Å². The van der Waals surface area contributed by atoms with Crippen LogP contribution in [0, 0.1) is 11.6 Å². The number of benzene rings is 2. The minimum Gasteiger partial charge on any atom is -0.490 e. The zero-order chi connectivity index (χ0) is 31.7. The highest BCUT2D eigenvalue weighted by Gasteiger charge is 2.31. The van der Waals surface area contributed by atoms with Crippen molar-refractivity contribution in [3.8, 4) is 39.5 Å². The van der Waals surface area contributed by atoms with Gasteiger partial charge in [-0.05, 0) is 80.1 Å². The van der Waals surface area contributed by atoms with Crippen LogP contribution in [-0.2, 0) is 35.3 Å². The van der Waals surface area contributed by atoms with E-state index in [1.807, 2.05) is 6.92 Å². The predicted molar refractivity (Wildman–Crippen MR) is 169 cm³/mol. The fraction of sp³-hybridized carbons (Fsp3) is 0.343. The number of amides is 1. The molecule has 0 bridgehead atoms. The van der Waals surface area contributed by atoms with Gasteiger partial charge in [-0.3, -0.25) is 9.89 Å². The van der Waals surface area contributed by atoms with Gasteiger partial charge in [0.1, 0.15) is 29.7 Å². The molecule has 1 aliphatic heterocycles. The molecule has 2 aliphatic rings. The summed E-state index contributed by atoms with van der Waals surface area (Å²) in [5.74, 6) is -1.72. The molecule has 2 aromatic carbocycles. The Kier molecular flexibility index (Phi) is 8.78. The second-order valence-corrected chi connectivity index (χ2v) is 11.7. The SMILES string of the molecule is C=CC(=O)NC(C)c1cc(-c2nc(-c3ccc4c(c3)CN(C)CC4)c3c(c2-c2c(F)cc(F)cc2OCCOC)CCC3)n[nH]1. The number of rotatable bonds is 10. The van der Waals surface area contributed by atoms with Crippen molar-refractivity contribution in [3.05, 3.63) is 88.6 Å². The maximum atomic E-state index is 16.0. The molecule has 10 heteroatoms. The first-order chi connectivity index (χ1) is 21.8. The summed E-state index contributed by atoms with van der Waals surface area (Å²) < 4.78 is 41.6. The second-order valence-electron chi connectivity index (χ2n) is 11.7. The van der Waals surface area contributed by atoms with E-state index in [9.17, 15) is 9.18 Å². The summed E-state index contributed by atoms with van der Waals surface area (Å²) >= 11 is 0. The van der Waals surface area contributed by atoms with E-state index in [2.05, 4.69) is 52.2 Å². The van der Waals surface area contributed by atoms with Gasteiger partial charge in [-0.15, -0.1) is 0 Å². The van der Waals surface area contributed by atoms with E-state index in [0.29, 0.717) is 29.1 Å². The largest absolute Gasteiger partial charge is 0.490 e. The summed E-state index contributed by atoms with van der Waals surface area (Å²) in [6, 6.07) is 10.0. The number of aromatic amines is 1. The van der Waals surface area contributed by atoms with Crippen LogP contribution in [0.5, 0.6) is 5.75 Å². The van der Waals surface area contributed by atoms with E-state index in [-0.39, 0.29) is 30.4 Å². The molecule has 0 fully saturated rings. The van der Waals surface area contributed by atoms with Crippen molar-refractivity contribution in [1.29, 1.82) is 0 Å². The number of aromatic nitrogens is 3. The lowest BCUT2D eigenvalue weighted by atomic mass is 9.89. The highest BCUT2D eigenvalue weighted by Crippen LogP contribution is 2.47. The third kappa shape index (κ3) is 6.12. The Hall–Kier alpha value is -4.41. The molecule has 1 unspecified atom stereocenters. The highest BCUT2D eigenvalue weighted by atomic mass is 19.1. The zero-order valence-electron chi connectivity index (χ0n) is 25.8. The standard InChI is InChI=1S/C35H37F2N5O3/c1-5-31(43)38-20(2)28-18-29(41-40-28)35-32(33-27(37)16-24(36)17-30(33)45-14-13-44-4)25-7-6-8-26(25)34(39-35)22-10-9-21-11-12-42(3)19-23(21)15-22/h5,9-10,15-18,20H,1,6-8,11-14,19H2,2-4H3,(H,38,43)(H,40,41). The quantitative estimate of drug-likeness (QED) is 0.170. The fourth-order valence-corrected chi connectivity index (χ4v) is 6.37. The monoisotopic (exact) mass is 613 g/mol. The number of H-pyrrole nitrogens is 1. The van der Waals surface area contributed by atoms with E-state index in [1.165, 1.54) is 30.4 Å². The van der Waals surface area contributed by atoms with Crippen molar-refractivity contribution in [2.24, 2.45) is 0 Å². The van der Waals surface area contributed by atoms with Crippen LogP contribution in [0.4, 0.5) is 8.78 Å². The molecule has 2 N–H and O–H groups in total. The average molecular weight is 614 g/mol. The molecule has 0 saturated heterocycles. The summed E-state index contributed by atoms with van der Waals surface area (Å²) in [6.45, 7) is 7.60. The number of hydrogen-bond donors (Lipinski definition) is 2. The zero-order valence-corrected chi connectivity index (χ0v) is 25.8. The smallest absolute Gasteiger partial charge is 0.243 e. The summed E-state index contributed by atoms with van der Waals surface area (Å²) in [5.41, 5.74) is 8.68. The third-order valence-corrected chi connectivity index (χ3v) is 8.61. The molecule has 3 heterocycles. The number of nitrogens with one attached hydrogen (secondary N) is 2. The Morgan fingerprint density at radius 1 is 1.09 bits per heavy atom. The number of halogens is 2. The first-order valence-corrected chi connectivity index (χ1v) is 15.2. The van der Waals surface area contributed by atoms with Gasteiger partial charge in [-0.1, -0.05) is 18.7 Å². The molecule has 234 valence electrons. The minimum atomic E-state index is -0.744. The van der Waals surface area contributed by atoms with Crippen LogP contribution in [0.1, 0.15) is 47.3 Å². The van der Waals surface area contributed by atoms with Crippen LogP contribution in [0.3, 0.4) is 0 Å². The predicted octanol–water partition coefficient (Wildman–Crippen LogP) is 5.95. The lowest BCUT2D eigenvalue weighted by Crippen LogP contribution is -2.26. The second kappa shape index (κ2) is 12.9. The topological polar surface area (TPSA) is 92.4 Å². The lowest BCUT2D eigenvalue weighted by Gasteiger charge is -2.26. The minimum absolute atomic E-state index is 0.0774. The number of pyridine rings is 1. The number of likely N-dealkylation sites (N-methyl/N-ethyl adjacent to an activating group) is 1. The van der Waals surface area contributed by atoms with E-state index >= 15 is 4.39 Å². The molecule has 8 nitrogen and oxygen atoms in total. The Labute approximate surface area is 261 Å². The van der Waals surface area contributed by atoms with Gasteiger partial charge in [0, 0.05) is 43.5 Å². The van der Waals surface area contributed by atoms with Gasteiger partial charge in [0.05, 0.1) is 35.3 Å². The van der Waals surface area contributed by atoms with Crippen molar-refractivity contribution in [2.45, 2.75) is 45.2 Å². The lowest BCUT2D eigenvalue weighted by molar-refractivity contribution is -0.117. The number of hydrogen-bond acceptors (Lipinski definition) is 6. The van der Waals surface area contributed by atoms with E-state index in [4.69, 9.17) is 14.5 Å². The summed E-state index contributed by atoms with van der Waals surface area (Å²) in [4.78, 5) is 19.5. The molecule has 1 atom stereocenters. The van der Waals surface area contributed by atoms with Crippen molar-refractivity contribution in [1.82, 2.24) is 25.4 Å². The highest BCUT2D eigenvalue weighted by molar-refractivity contribution is 5.90. The van der Waals surface area contributed by atoms with Crippen LogP contribution < -0.4 is 10.1 Å². The fourth-order valence-electron chi connectivity index (χ4n) is 6.37. The molecular weight excluding hydrogens is 576 g/mol. The number of nitrogens with zero attached hydrogens (tertiary/aromatic N) is 3. The van der Waals surface area contributed by atoms with Crippen molar-refractivity contribution >= 4 is 5.91 Å². The average Bonchev–Trinajstić information content (AvgIpc) is 3.71. The van der Waals surface area contributed by atoms with Gasteiger partial charge in [-0.25, -0.2) is 13.8 Å². The molecule has 1 amide bonds. The first-order valence-electron chi connectivity index (χ1n) is 15.2. The molecule has 4 aromatic rings. The number of carbonyl (C=O) groups excluding carboxylic acids is 1. The summed E-state index contributed by atoms with van der Waals surface area (Å²) in [5, 5.41) is 10.4. The molecular formula is C35H37F2N5O3.